The molecule has 2 rings (SSSR count). The lowest BCUT2D eigenvalue weighted by Gasteiger charge is -2.10. The van der Waals surface area contributed by atoms with E-state index in [1.165, 1.54) is 6.33 Å². The number of nitriles is 1. The van der Waals surface area contributed by atoms with Crippen LogP contribution in [0, 0.1) is 11.3 Å². The number of nitrogens with zero attached hydrogens (tertiary/aromatic N) is 3. The SMILES string of the molecule is N#CC(c1ccncn1)c1ccccc1Br. The van der Waals surface area contributed by atoms with E-state index in [1.54, 1.807) is 12.3 Å². The second kappa shape index (κ2) is 4.86. The average molecular weight is 274 g/mol. The van der Waals surface area contributed by atoms with Gasteiger partial charge in [-0.15, -0.1) is 0 Å². The highest BCUT2D eigenvalue weighted by molar-refractivity contribution is 9.10. The largest absolute Gasteiger partial charge is 0.245 e. The maximum Gasteiger partial charge on any atom is 0.115 e. The first kappa shape index (κ1) is 10.8. The quantitative estimate of drug-likeness (QED) is 0.846. The van der Waals surface area contributed by atoms with E-state index in [0.29, 0.717) is 5.69 Å². The monoisotopic (exact) mass is 273 g/mol. The van der Waals surface area contributed by atoms with Crippen LogP contribution in [0.2, 0.25) is 0 Å². The van der Waals surface area contributed by atoms with Crippen LogP contribution >= 0.6 is 15.9 Å². The molecule has 0 aliphatic heterocycles. The summed E-state index contributed by atoms with van der Waals surface area (Å²) in [6.45, 7) is 0. The minimum absolute atomic E-state index is 0.362. The van der Waals surface area contributed by atoms with Gasteiger partial charge in [0.05, 0.1) is 11.8 Å². The molecule has 4 heteroatoms. The molecule has 0 amide bonds. The van der Waals surface area contributed by atoms with E-state index < -0.39 is 0 Å². The molecule has 2 aromatic rings. The number of halogens is 1. The van der Waals surface area contributed by atoms with Crippen molar-refractivity contribution in [3.05, 3.63) is 58.6 Å². The minimum Gasteiger partial charge on any atom is -0.245 e. The van der Waals surface area contributed by atoms with Gasteiger partial charge in [-0.1, -0.05) is 34.1 Å². The molecule has 0 spiro atoms. The van der Waals surface area contributed by atoms with Gasteiger partial charge in [-0.3, -0.25) is 0 Å². The second-order valence-electron chi connectivity index (χ2n) is 3.22. The van der Waals surface area contributed by atoms with Crippen LogP contribution in [0.5, 0.6) is 0 Å². The van der Waals surface area contributed by atoms with E-state index in [4.69, 9.17) is 0 Å². The lowest BCUT2D eigenvalue weighted by Crippen LogP contribution is -2.01. The summed E-state index contributed by atoms with van der Waals surface area (Å²) in [4.78, 5) is 7.96. The summed E-state index contributed by atoms with van der Waals surface area (Å²) in [7, 11) is 0. The van der Waals surface area contributed by atoms with Crippen molar-refractivity contribution in [2.24, 2.45) is 0 Å². The van der Waals surface area contributed by atoms with E-state index in [9.17, 15) is 5.26 Å². The Labute approximate surface area is 102 Å². The van der Waals surface area contributed by atoms with Crippen LogP contribution in [0.15, 0.2) is 47.3 Å². The highest BCUT2D eigenvalue weighted by atomic mass is 79.9. The van der Waals surface area contributed by atoms with Gasteiger partial charge in [0.15, 0.2) is 0 Å². The summed E-state index contributed by atoms with van der Waals surface area (Å²) in [6.07, 6.45) is 3.10. The predicted octanol–water partition coefficient (Wildman–Crippen LogP) is 2.89. The number of hydrogen-bond acceptors (Lipinski definition) is 3. The fourth-order valence-electron chi connectivity index (χ4n) is 1.48. The van der Waals surface area contributed by atoms with Gasteiger partial charge in [-0.05, 0) is 17.7 Å². The molecule has 78 valence electrons. The molecule has 1 aromatic heterocycles. The van der Waals surface area contributed by atoms with Gasteiger partial charge in [-0.2, -0.15) is 5.26 Å². The molecule has 1 atom stereocenters. The summed E-state index contributed by atoms with van der Waals surface area (Å²) in [6, 6.07) is 11.7. The van der Waals surface area contributed by atoms with Gasteiger partial charge in [0, 0.05) is 10.7 Å². The molecule has 0 radical (unpaired) electrons. The summed E-state index contributed by atoms with van der Waals surface area (Å²) >= 11 is 3.44. The zero-order valence-electron chi connectivity index (χ0n) is 8.34. The topological polar surface area (TPSA) is 49.6 Å². The van der Waals surface area contributed by atoms with E-state index in [2.05, 4.69) is 32.0 Å². The third kappa shape index (κ3) is 2.10. The second-order valence-corrected chi connectivity index (χ2v) is 4.07. The van der Waals surface area contributed by atoms with Crippen LogP contribution in [0.3, 0.4) is 0 Å². The first-order chi connectivity index (χ1) is 7.83. The Kier molecular flexibility index (Phi) is 3.28. The molecule has 16 heavy (non-hydrogen) atoms. The Morgan fingerprint density at radius 1 is 1.25 bits per heavy atom. The lowest BCUT2D eigenvalue weighted by atomic mass is 9.97. The number of aromatic nitrogens is 2. The highest BCUT2D eigenvalue weighted by Crippen LogP contribution is 2.28. The maximum atomic E-state index is 9.23. The first-order valence-corrected chi connectivity index (χ1v) is 5.52. The zero-order chi connectivity index (χ0) is 11.4. The van der Waals surface area contributed by atoms with E-state index in [0.717, 1.165) is 10.0 Å². The van der Waals surface area contributed by atoms with E-state index in [1.807, 2.05) is 24.3 Å². The molecule has 0 aliphatic carbocycles. The van der Waals surface area contributed by atoms with Crippen LogP contribution in [-0.2, 0) is 0 Å². The summed E-state index contributed by atoms with van der Waals surface area (Å²) < 4.78 is 0.917. The molecular formula is C12H8BrN3. The van der Waals surface area contributed by atoms with Crippen molar-refractivity contribution in [2.75, 3.05) is 0 Å². The number of rotatable bonds is 2. The molecule has 0 N–H and O–H groups in total. The fraction of sp³-hybridized carbons (Fsp3) is 0.0833. The first-order valence-electron chi connectivity index (χ1n) is 4.73. The lowest BCUT2D eigenvalue weighted by molar-refractivity contribution is 0.938. The fourth-order valence-corrected chi connectivity index (χ4v) is 1.99. The standard InChI is InChI=1S/C12H8BrN3/c13-11-4-2-1-3-9(11)10(7-14)12-5-6-15-8-16-12/h1-6,8,10H. The van der Waals surface area contributed by atoms with Crippen molar-refractivity contribution >= 4 is 15.9 Å². The molecule has 0 saturated heterocycles. The molecule has 1 heterocycles. The Balaban J connectivity index is 2.47. The third-order valence-electron chi connectivity index (χ3n) is 2.25. The smallest absolute Gasteiger partial charge is 0.115 e. The normalized spacial score (nSPS) is 11.8. The van der Waals surface area contributed by atoms with Gasteiger partial charge in [-0.25, -0.2) is 9.97 Å². The van der Waals surface area contributed by atoms with Gasteiger partial charge >= 0.3 is 0 Å². The number of hydrogen-bond donors (Lipinski definition) is 0. The number of benzene rings is 1. The Morgan fingerprint density at radius 3 is 2.69 bits per heavy atom. The van der Waals surface area contributed by atoms with E-state index >= 15 is 0 Å². The summed E-state index contributed by atoms with van der Waals surface area (Å²) in [5, 5.41) is 9.23. The zero-order valence-corrected chi connectivity index (χ0v) is 9.92. The van der Waals surface area contributed by atoms with Crippen molar-refractivity contribution < 1.29 is 0 Å². The Hall–Kier alpha value is -1.73. The molecular weight excluding hydrogens is 266 g/mol. The summed E-state index contributed by atoms with van der Waals surface area (Å²) in [5.41, 5.74) is 1.63. The highest BCUT2D eigenvalue weighted by Gasteiger charge is 2.16. The van der Waals surface area contributed by atoms with Crippen molar-refractivity contribution in [3.8, 4) is 6.07 Å². The predicted molar refractivity (Wildman–Crippen MR) is 63.6 cm³/mol. The van der Waals surface area contributed by atoms with Crippen molar-refractivity contribution in [1.82, 2.24) is 9.97 Å². The summed E-state index contributed by atoms with van der Waals surface area (Å²) in [5.74, 6) is -0.362. The molecule has 0 bridgehead atoms. The van der Waals surface area contributed by atoms with Crippen molar-refractivity contribution in [2.45, 2.75) is 5.92 Å². The Morgan fingerprint density at radius 2 is 2.06 bits per heavy atom. The minimum atomic E-state index is -0.362. The molecule has 0 saturated carbocycles. The molecule has 0 aliphatic rings. The van der Waals surface area contributed by atoms with Gasteiger partial charge in [0.1, 0.15) is 12.2 Å². The van der Waals surface area contributed by atoms with Gasteiger partial charge in [0.25, 0.3) is 0 Å². The van der Waals surface area contributed by atoms with Crippen LogP contribution in [0.25, 0.3) is 0 Å². The van der Waals surface area contributed by atoms with Crippen molar-refractivity contribution in [1.29, 1.82) is 5.26 Å². The molecule has 1 unspecified atom stereocenters. The van der Waals surface area contributed by atoms with Crippen LogP contribution in [0.4, 0.5) is 0 Å². The van der Waals surface area contributed by atoms with Crippen LogP contribution < -0.4 is 0 Å². The van der Waals surface area contributed by atoms with Crippen LogP contribution in [-0.4, -0.2) is 9.97 Å². The molecule has 1 aromatic carbocycles. The third-order valence-corrected chi connectivity index (χ3v) is 2.97. The maximum absolute atomic E-state index is 9.23. The average Bonchev–Trinajstić information content (AvgIpc) is 2.34. The van der Waals surface area contributed by atoms with E-state index in [-0.39, 0.29) is 5.92 Å². The van der Waals surface area contributed by atoms with Gasteiger partial charge < -0.3 is 0 Å². The molecule has 3 nitrogen and oxygen atoms in total. The Bertz CT molecular complexity index is 519. The van der Waals surface area contributed by atoms with Crippen molar-refractivity contribution in [3.63, 3.8) is 0 Å². The van der Waals surface area contributed by atoms with Gasteiger partial charge in [0.2, 0.25) is 0 Å². The molecule has 0 fully saturated rings. The van der Waals surface area contributed by atoms with Crippen LogP contribution in [0.1, 0.15) is 17.2 Å².